The average molecular weight is 318 g/mol. The molecule has 0 saturated heterocycles. The molecule has 116 valence electrons. The number of rotatable bonds is 6. The minimum atomic E-state index is -0.144. The Morgan fingerprint density at radius 2 is 2.09 bits per heavy atom. The Kier molecular flexibility index (Phi) is 5.55. The van der Waals surface area contributed by atoms with E-state index in [2.05, 4.69) is 10.5 Å². The minimum absolute atomic E-state index is 0.144. The number of nitrogens with one attached hydrogen (secondary N) is 1. The van der Waals surface area contributed by atoms with Gasteiger partial charge in [0.15, 0.2) is 0 Å². The lowest BCUT2D eigenvalue weighted by molar-refractivity contribution is -0.120. The molecule has 0 radical (unpaired) electrons. The van der Waals surface area contributed by atoms with Crippen LogP contribution < -0.4 is 14.9 Å². The number of ether oxygens (including phenoxy) is 2. The molecule has 1 heterocycles. The molecule has 0 atom stereocenters. The lowest BCUT2D eigenvalue weighted by Gasteiger charge is -2.10. The van der Waals surface area contributed by atoms with Crippen LogP contribution in [0.1, 0.15) is 17.4 Å². The van der Waals surface area contributed by atoms with Crippen molar-refractivity contribution in [1.82, 2.24) is 5.43 Å². The maximum Gasteiger partial charge on any atom is 0.245 e. The summed E-state index contributed by atoms with van der Waals surface area (Å²) in [4.78, 5) is 12.8. The number of benzene rings is 1. The molecule has 6 heteroatoms. The molecule has 0 fully saturated rings. The predicted octanol–water partition coefficient (Wildman–Crippen LogP) is 2.85. The van der Waals surface area contributed by atoms with E-state index in [1.54, 1.807) is 31.6 Å². The fourth-order valence-corrected chi connectivity index (χ4v) is 2.62. The zero-order valence-electron chi connectivity index (χ0n) is 12.8. The maximum atomic E-state index is 11.8. The highest BCUT2D eigenvalue weighted by atomic mass is 32.1. The van der Waals surface area contributed by atoms with Gasteiger partial charge in [-0.1, -0.05) is 6.07 Å². The summed E-state index contributed by atoms with van der Waals surface area (Å²) in [5.41, 5.74) is 4.04. The van der Waals surface area contributed by atoms with Gasteiger partial charge in [-0.3, -0.25) is 4.79 Å². The van der Waals surface area contributed by atoms with E-state index in [1.807, 2.05) is 36.6 Å². The van der Waals surface area contributed by atoms with Crippen LogP contribution in [0.3, 0.4) is 0 Å². The molecule has 2 rings (SSSR count). The monoisotopic (exact) mass is 318 g/mol. The van der Waals surface area contributed by atoms with Crippen LogP contribution in [0.25, 0.3) is 0 Å². The summed E-state index contributed by atoms with van der Waals surface area (Å²) in [6.07, 6.45) is 0.328. The van der Waals surface area contributed by atoms with E-state index in [-0.39, 0.29) is 5.91 Å². The highest BCUT2D eigenvalue weighted by molar-refractivity contribution is 7.10. The molecular formula is C16H18N2O3S. The van der Waals surface area contributed by atoms with Crippen molar-refractivity contribution in [2.45, 2.75) is 13.3 Å². The van der Waals surface area contributed by atoms with E-state index < -0.39 is 0 Å². The molecule has 0 saturated carbocycles. The van der Waals surface area contributed by atoms with E-state index in [9.17, 15) is 4.79 Å². The van der Waals surface area contributed by atoms with Crippen LogP contribution in [0.15, 0.2) is 40.8 Å². The summed E-state index contributed by atoms with van der Waals surface area (Å²) in [7, 11) is 3.18. The molecule has 0 aliphatic carbocycles. The molecule has 22 heavy (non-hydrogen) atoms. The largest absolute Gasteiger partial charge is 0.497 e. The first kappa shape index (κ1) is 16.0. The molecule has 0 bridgehead atoms. The first-order chi connectivity index (χ1) is 10.6. The Labute approximate surface area is 133 Å². The van der Waals surface area contributed by atoms with Crippen molar-refractivity contribution in [2.24, 2.45) is 5.10 Å². The summed E-state index contributed by atoms with van der Waals surface area (Å²) >= 11 is 1.55. The molecule has 0 aliphatic rings. The van der Waals surface area contributed by atoms with Gasteiger partial charge in [0, 0.05) is 16.5 Å². The molecule has 1 amide bonds. The van der Waals surface area contributed by atoms with E-state index in [0.717, 1.165) is 10.4 Å². The number of methoxy groups -OCH3 is 2. The van der Waals surface area contributed by atoms with Gasteiger partial charge in [-0.2, -0.15) is 5.10 Å². The highest BCUT2D eigenvalue weighted by Gasteiger charge is 2.09. The van der Waals surface area contributed by atoms with Crippen LogP contribution >= 0.6 is 11.3 Å². The van der Waals surface area contributed by atoms with Crippen LogP contribution in [-0.2, 0) is 11.2 Å². The van der Waals surface area contributed by atoms with Gasteiger partial charge in [0.25, 0.3) is 0 Å². The Bertz CT molecular complexity index is 666. The number of thiophene rings is 1. The van der Waals surface area contributed by atoms with Crippen LogP contribution in [0.5, 0.6) is 11.5 Å². The van der Waals surface area contributed by atoms with Gasteiger partial charge in [0.1, 0.15) is 11.5 Å². The number of hydrogen-bond donors (Lipinski definition) is 1. The lowest BCUT2D eigenvalue weighted by Crippen LogP contribution is -2.21. The molecule has 1 N–H and O–H groups in total. The molecule has 2 aromatic rings. The topological polar surface area (TPSA) is 59.9 Å². The SMILES string of the molecule is COc1ccc(/C(C)=N\NC(=O)Cc2cccs2)c(OC)c1. The highest BCUT2D eigenvalue weighted by Crippen LogP contribution is 2.25. The smallest absolute Gasteiger partial charge is 0.245 e. The molecule has 1 aromatic heterocycles. The normalized spacial score (nSPS) is 11.1. The molecular weight excluding hydrogens is 300 g/mol. The van der Waals surface area contributed by atoms with Crippen molar-refractivity contribution in [3.63, 3.8) is 0 Å². The Balaban J connectivity index is 2.06. The van der Waals surface area contributed by atoms with E-state index in [1.165, 1.54) is 0 Å². The van der Waals surface area contributed by atoms with E-state index in [4.69, 9.17) is 9.47 Å². The van der Waals surface area contributed by atoms with Gasteiger partial charge in [0.2, 0.25) is 5.91 Å². The third kappa shape index (κ3) is 4.08. The summed E-state index contributed by atoms with van der Waals surface area (Å²) in [5.74, 6) is 1.21. The first-order valence-electron chi connectivity index (χ1n) is 6.72. The second-order valence-corrected chi connectivity index (χ2v) is 5.59. The minimum Gasteiger partial charge on any atom is -0.497 e. The van der Waals surface area contributed by atoms with Gasteiger partial charge >= 0.3 is 0 Å². The number of hydrogen-bond acceptors (Lipinski definition) is 5. The molecule has 1 aromatic carbocycles. The molecule has 0 unspecified atom stereocenters. The van der Waals surface area contributed by atoms with Gasteiger partial charge < -0.3 is 9.47 Å². The number of carbonyl (C=O) groups excluding carboxylic acids is 1. The lowest BCUT2D eigenvalue weighted by atomic mass is 10.1. The van der Waals surface area contributed by atoms with Crippen molar-refractivity contribution < 1.29 is 14.3 Å². The van der Waals surface area contributed by atoms with Crippen LogP contribution in [0, 0.1) is 0 Å². The van der Waals surface area contributed by atoms with Crippen molar-refractivity contribution in [1.29, 1.82) is 0 Å². The van der Waals surface area contributed by atoms with Crippen LogP contribution in [-0.4, -0.2) is 25.8 Å². The fraction of sp³-hybridized carbons (Fsp3) is 0.250. The van der Waals surface area contributed by atoms with Crippen molar-refractivity contribution >= 4 is 23.0 Å². The van der Waals surface area contributed by atoms with Gasteiger partial charge in [-0.25, -0.2) is 5.43 Å². The van der Waals surface area contributed by atoms with Crippen molar-refractivity contribution in [2.75, 3.05) is 14.2 Å². The van der Waals surface area contributed by atoms with E-state index in [0.29, 0.717) is 23.6 Å². The number of amides is 1. The fourth-order valence-electron chi connectivity index (χ4n) is 1.91. The second-order valence-electron chi connectivity index (χ2n) is 4.55. The Hall–Kier alpha value is -2.34. The Morgan fingerprint density at radius 3 is 2.73 bits per heavy atom. The zero-order valence-corrected chi connectivity index (χ0v) is 13.6. The predicted molar refractivity (Wildman–Crippen MR) is 87.9 cm³/mol. The molecule has 5 nitrogen and oxygen atoms in total. The first-order valence-corrected chi connectivity index (χ1v) is 7.60. The van der Waals surface area contributed by atoms with Crippen molar-refractivity contribution in [3.05, 3.63) is 46.2 Å². The zero-order chi connectivity index (χ0) is 15.9. The van der Waals surface area contributed by atoms with Gasteiger partial charge in [-0.05, 0) is 30.5 Å². The second kappa shape index (κ2) is 7.61. The summed E-state index contributed by atoms with van der Waals surface area (Å²) in [6, 6.07) is 9.30. The van der Waals surface area contributed by atoms with Crippen LogP contribution in [0.4, 0.5) is 0 Å². The maximum absolute atomic E-state index is 11.8. The van der Waals surface area contributed by atoms with Gasteiger partial charge in [-0.15, -0.1) is 11.3 Å². The quantitative estimate of drug-likeness (QED) is 0.658. The van der Waals surface area contributed by atoms with Gasteiger partial charge in [0.05, 0.1) is 26.4 Å². The average Bonchev–Trinajstić information content (AvgIpc) is 3.04. The molecule has 0 spiro atoms. The number of nitrogens with zero attached hydrogens (tertiary/aromatic N) is 1. The Morgan fingerprint density at radius 1 is 1.27 bits per heavy atom. The van der Waals surface area contributed by atoms with Crippen molar-refractivity contribution in [3.8, 4) is 11.5 Å². The molecule has 0 aliphatic heterocycles. The van der Waals surface area contributed by atoms with Crippen LogP contribution in [0.2, 0.25) is 0 Å². The third-order valence-electron chi connectivity index (χ3n) is 3.06. The standard InChI is InChI=1S/C16H18N2O3S/c1-11(14-7-6-12(20-2)9-15(14)21-3)17-18-16(19)10-13-5-4-8-22-13/h4-9H,10H2,1-3H3,(H,18,19)/b17-11-. The summed E-state index contributed by atoms with van der Waals surface area (Å²) in [6.45, 7) is 1.82. The van der Waals surface area contributed by atoms with E-state index >= 15 is 0 Å². The summed E-state index contributed by atoms with van der Waals surface area (Å²) < 4.78 is 10.5. The summed E-state index contributed by atoms with van der Waals surface area (Å²) in [5, 5.41) is 6.08. The number of hydrazone groups is 1. The third-order valence-corrected chi connectivity index (χ3v) is 3.94. The number of carbonyl (C=O) groups is 1.